The normalized spacial score (nSPS) is 11.8. The van der Waals surface area contributed by atoms with Crippen molar-refractivity contribution in [2.24, 2.45) is 5.92 Å². The van der Waals surface area contributed by atoms with Crippen molar-refractivity contribution in [3.8, 4) is 6.07 Å². The quantitative estimate of drug-likeness (QED) is 0.778. The van der Waals surface area contributed by atoms with Gasteiger partial charge in [-0.2, -0.15) is 5.26 Å². The molecule has 1 N–H and O–H groups in total. The number of hydrogen-bond acceptors (Lipinski definition) is 4. The Bertz CT molecular complexity index is 353. The SMILES string of the molecule is Cc1ncc(NC(=O)C(C)C#N)s1. The molecular weight excluding hydrogens is 186 g/mol. The van der Waals surface area contributed by atoms with Crippen LogP contribution in [0, 0.1) is 24.2 Å². The first-order chi connectivity index (χ1) is 6.13. The van der Waals surface area contributed by atoms with Crippen molar-refractivity contribution in [2.75, 3.05) is 5.32 Å². The van der Waals surface area contributed by atoms with Gasteiger partial charge in [-0.15, -0.1) is 11.3 Å². The van der Waals surface area contributed by atoms with Gasteiger partial charge in [0.15, 0.2) is 0 Å². The zero-order valence-corrected chi connectivity index (χ0v) is 8.18. The van der Waals surface area contributed by atoms with Crippen LogP contribution in [0.3, 0.4) is 0 Å². The predicted octanol–water partition coefficient (Wildman–Crippen LogP) is 1.55. The molecule has 0 aliphatic heterocycles. The van der Waals surface area contributed by atoms with Crippen LogP contribution in [-0.2, 0) is 4.79 Å². The molecule has 5 heteroatoms. The number of carbonyl (C=O) groups is 1. The van der Waals surface area contributed by atoms with E-state index in [1.807, 2.05) is 13.0 Å². The summed E-state index contributed by atoms with van der Waals surface area (Å²) >= 11 is 1.39. The van der Waals surface area contributed by atoms with E-state index in [0.29, 0.717) is 5.00 Å². The van der Waals surface area contributed by atoms with Crippen LogP contribution >= 0.6 is 11.3 Å². The Hall–Kier alpha value is -1.41. The molecule has 0 aliphatic rings. The van der Waals surface area contributed by atoms with Gasteiger partial charge >= 0.3 is 0 Å². The summed E-state index contributed by atoms with van der Waals surface area (Å²) in [6.07, 6.45) is 1.59. The third kappa shape index (κ3) is 2.53. The van der Waals surface area contributed by atoms with Gasteiger partial charge in [0.05, 0.1) is 17.3 Å². The maximum absolute atomic E-state index is 11.2. The third-order valence-corrected chi connectivity index (χ3v) is 2.28. The average molecular weight is 195 g/mol. The number of anilines is 1. The van der Waals surface area contributed by atoms with Crippen LogP contribution in [0.5, 0.6) is 0 Å². The van der Waals surface area contributed by atoms with Crippen LogP contribution < -0.4 is 5.32 Å². The standard InChI is InChI=1S/C8H9N3OS/c1-5(3-9)8(12)11-7-4-10-6(2)13-7/h4-5H,1-2H3,(H,11,12). The van der Waals surface area contributed by atoms with E-state index in [1.54, 1.807) is 13.1 Å². The highest BCUT2D eigenvalue weighted by Gasteiger charge is 2.12. The molecule has 0 fully saturated rings. The second-order valence-corrected chi connectivity index (χ2v) is 3.82. The van der Waals surface area contributed by atoms with Gasteiger partial charge in [-0.1, -0.05) is 0 Å². The largest absolute Gasteiger partial charge is 0.315 e. The summed E-state index contributed by atoms with van der Waals surface area (Å²) in [6, 6.07) is 1.86. The molecule has 0 aliphatic carbocycles. The van der Waals surface area contributed by atoms with Gasteiger partial charge in [0.2, 0.25) is 5.91 Å². The Morgan fingerprint density at radius 3 is 3.00 bits per heavy atom. The first-order valence-corrected chi connectivity index (χ1v) is 4.58. The lowest BCUT2D eigenvalue weighted by atomic mass is 10.2. The second kappa shape index (κ2) is 4.01. The molecule has 0 saturated heterocycles. The molecule has 1 aromatic heterocycles. The van der Waals surface area contributed by atoms with Crippen LogP contribution in [0.1, 0.15) is 11.9 Å². The van der Waals surface area contributed by atoms with E-state index in [-0.39, 0.29) is 5.91 Å². The molecule has 0 aromatic carbocycles. The maximum atomic E-state index is 11.2. The number of aromatic nitrogens is 1. The number of hydrogen-bond donors (Lipinski definition) is 1. The molecule has 68 valence electrons. The number of amides is 1. The Kier molecular flexibility index (Phi) is 2.98. The van der Waals surface area contributed by atoms with E-state index in [0.717, 1.165) is 5.01 Å². The second-order valence-electron chi connectivity index (χ2n) is 2.58. The summed E-state index contributed by atoms with van der Waals surface area (Å²) in [7, 11) is 0. The number of rotatable bonds is 2. The average Bonchev–Trinajstić information content (AvgIpc) is 2.49. The first-order valence-electron chi connectivity index (χ1n) is 3.76. The molecule has 1 amide bonds. The Labute approximate surface area is 80.2 Å². The highest BCUT2D eigenvalue weighted by Crippen LogP contribution is 2.17. The topological polar surface area (TPSA) is 65.8 Å². The summed E-state index contributed by atoms with van der Waals surface area (Å²) in [6.45, 7) is 3.41. The third-order valence-electron chi connectivity index (χ3n) is 1.45. The lowest BCUT2D eigenvalue weighted by molar-refractivity contribution is -0.117. The number of nitrogens with one attached hydrogen (secondary N) is 1. The van der Waals surface area contributed by atoms with Gasteiger partial charge in [-0.05, 0) is 13.8 Å². The lowest BCUT2D eigenvalue weighted by Gasteiger charge is -2.01. The smallest absolute Gasteiger partial charge is 0.242 e. The van der Waals surface area contributed by atoms with E-state index < -0.39 is 5.92 Å². The van der Waals surface area contributed by atoms with E-state index in [9.17, 15) is 4.79 Å². The summed E-state index contributed by atoms with van der Waals surface area (Å²) in [5.41, 5.74) is 0. The van der Waals surface area contributed by atoms with Gasteiger partial charge in [0.25, 0.3) is 0 Å². The van der Waals surface area contributed by atoms with Gasteiger partial charge in [-0.25, -0.2) is 4.98 Å². The summed E-state index contributed by atoms with van der Waals surface area (Å²) in [4.78, 5) is 15.2. The fraction of sp³-hybridized carbons (Fsp3) is 0.375. The Morgan fingerprint density at radius 1 is 1.85 bits per heavy atom. The summed E-state index contributed by atoms with van der Waals surface area (Å²) < 4.78 is 0. The van der Waals surface area contributed by atoms with Crippen LogP contribution in [0.2, 0.25) is 0 Å². The summed E-state index contributed by atoms with van der Waals surface area (Å²) in [5, 5.41) is 12.6. The molecular formula is C8H9N3OS. The summed E-state index contributed by atoms with van der Waals surface area (Å²) in [5.74, 6) is -0.909. The fourth-order valence-corrected chi connectivity index (χ4v) is 1.39. The van der Waals surface area contributed by atoms with Gasteiger partial charge in [0.1, 0.15) is 10.9 Å². The minimum atomic E-state index is -0.623. The van der Waals surface area contributed by atoms with Crippen molar-refractivity contribution >= 4 is 22.2 Å². The molecule has 0 spiro atoms. The Morgan fingerprint density at radius 2 is 2.54 bits per heavy atom. The molecule has 1 heterocycles. The first kappa shape index (κ1) is 9.68. The van der Waals surface area contributed by atoms with Crippen molar-refractivity contribution in [1.29, 1.82) is 5.26 Å². The number of carbonyl (C=O) groups excluding carboxylic acids is 1. The highest BCUT2D eigenvalue weighted by atomic mass is 32.1. The molecule has 0 saturated carbocycles. The van der Waals surface area contributed by atoms with E-state index in [4.69, 9.17) is 5.26 Å². The van der Waals surface area contributed by atoms with Crippen LogP contribution in [0.4, 0.5) is 5.00 Å². The molecule has 13 heavy (non-hydrogen) atoms. The number of nitrogens with zero attached hydrogens (tertiary/aromatic N) is 2. The monoisotopic (exact) mass is 195 g/mol. The highest BCUT2D eigenvalue weighted by molar-refractivity contribution is 7.15. The van der Waals surface area contributed by atoms with Gasteiger partial charge in [0, 0.05) is 0 Å². The zero-order valence-electron chi connectivity index (χ0n) is 7.37. The van der Waals surface area contributed by atoms with E-state index >= 15 is 0 Å². The lowest BCUT2D eigenvalue weighted by Crippen LogP contribution is -2.18. The van der Waals surface area contributed by atoms with Crippen molar-refractivity contribution in [3.05, 3.63) is 11.2 Å². The minimum Gasteiger partial charge on any atom is -0.315 e. The molecule has 0 radical (unpaired) electrons. The zero-order chi connectivity index (χ0) is 9.84. The predicted molar refractivity (Wildman–Crippen MR) is 50.3 cm³/mol. The van der Waals surface area contributed by atoms with E-state index in [1.165, 1.54) is 11.3 Å². The van der Waals surface area contributed by atoms with Crippen molar-refractivity contribution in [3.63, 3.8) is 0 Å². The number of nitriles is 1. The molecule has 0 bridgehead atoms. The van der Waals surface area contributed by atoms with Crippen LogP contribution in [-0.4, -0.2) is 10.9 Å². The molecule has 4 nitrogen and oxygen atoms in total. The van der Waals surface area contributed by atoms with Gasteiger partial charge < -0.3 is 5.32 Å². The van der Waals surface area contributed by atoms with Crippen LogP contribution in [0.15, 0.2) is 6.20 Å². The minimum absolute atomic E-state index is 0.286. The maximum Gasteiger partial charge on any atom is 0.242 e. The molecule has 1 rings (SSSR count). The Balaban J connectivity index is 2.61. The number of aryl methyl sites for hydroxylation is 1. The van der Waals surface area contributed by atoms with Crippen molar-refractivity contribution in [2.45, 2.75) is 13.8 Å². The van der Waals surface area contributed by atoms with Crippen molar-refractivity contribution in [1.82, 2.24) is 4.98 Å². The molecule has 1 unspecified atom stereocenters. The number of thiazole rings is 1. The van der Waals surface area contributed by atoms with Crippen LogP contribution in [0.25, 0.3) is 0 Å². The van der Waals surface area contributed by atoms with E-state index in [2.05, 4.69) is 10.3 Å². The van der Waals surface area contributed by atoms with Gasteiger partial charge in [-0.3, -0.25) is 4.79 Å². The molecule has 1 atom stereocenters. The molecule has 1 aromatic rings. The fourth-order valence-electron chi connectivity index (χ4n) is 0.707. The van der Waals surface area contributed by atoms with Crippen molar-refractivity contribution < 1.29 is 4.79 Å².